The maximum absolute atomic E-state index is 14.4. The van der Waals surface area contributed by atoms with Gasteiger partial charge in [-0.05, 0) is 59.7 Å². The molecule has 0 heterocycles. The van der Waals surface area contributed by atoms with Crippen LogP contribution >= 0.6 is 11.8 Å². The van der Waals surface area contributed by atoms with E-state index in [1.807, 2.05) is 0 Å². The molecule has 0 aliphatic carbocycles. The molecule has 0 saturated carbocycles. The number of aliphatic hydroxyl groups is 2. The first kappa shape index (κ1) is 66.6. The van der Waals surface area contributed by atoms with Gasteiger partial charge in [-0.25, -0.2) is 0 Å². The van der Waals surface area contributed by atoms with Gasteiger partial charge in [0.15, 0.2) is 0 Å². The number of nitrogens with one attached hydrogen (secondary N) is 9. The molecule has 0 unspecified atom stereocenters. The lowest BCUT2D eigenvalue weighted by Gasteiger charge is -2.28. The van der Waals surface area contributed by atoms with Crippen molar-refractivity contribution in [2.45, 2.75) is 99.9 Å². The number of nitrogens with two attached hydrogens (primary N) is 1. The largest absolute Gasteiger partial charge is 0.508 e. The van der Waals surface area contributed by atoms with Gasteiger partial charge in [0.1, 0.15) is 60.6 Å². The monoisotopic (exact) mass is 1170 g/mol. The SMILES string of the molecule is CSCC[C@H](NC(=O)[C@H](Cc1ccc(O)cc1)NC(=O)[C@H](Cc1ccccc1)NC(=O)[C@H](CC(=O)O)NC(=O)[C@H](CO)NC(=O)[C@H](Cc1ccccc1)NC(=O)[C@@H](NC(=O)[C@H](Cc1ccccc1)NC(=O)CN)[C@@H](C)O)C(=O)NCC(=O)O. The van der Waals surface area contributed by atoms with Crippen molar-refractivity contribution in [1.29, 1.82) is 0 Å². The number of hydrogen-bond donors (Lipinski definition) is 15. The van der Waals surface area contributed by atoms with Crippen LogP contribution in [0.25, 0.3) is 0 Å². The Bertz CT molecular complexity index is 2840. The minimum absolute atomic E-state index is 0.0401. The van der Waals surface area contributed by atoms with Crippen LogP contribution in [0, 0.1) is 0 Å². The second-order valence-corrected chi connectivity index (χ2v) is 20.0. The van der Waals surface area contributed by atoms with E-state index in [9.17, 15) is 73.2 Å². The molecule has 26 nitrogen and oxygen atoms in total. The molecule has 0 aliphatic rings. The molecule has 0 saturated heterocycles. The number of phenolic OH excluding ortho intramolecular Hbond substituents is 1. The number of carbonyl (C=O) groups is 11. The molecule has 0 radical (unpaired) electrons. The van der Waals surface area contributed by atoms with E-state index < -0.39 is 146 Å². The molecule has 9 amide bonds. The highest BCUT2D eigenvalue weighted by atomic mass is 32.2. The van der Waals surface area contributed by atoms with Crippen LogP contribution in [0.15, 0.2) is 115 Å². The van der Waals surface area contributed by atoms with Crippen LogP contribution in [0.5, 0.6) is 5.75 Å². The van der Waals surface area contributed by atoms with Crippen LogP contribution in [0.2, 0.25) is 0 Å². The molecule has 16 N–H and O–H groups in total. The molecule has 0 aromatic heterocycles. The lowest BCUT2D eigenvalue weighted by molar-refractivity contribution is -0.142. The lowest BCUT2D eigenvalue weighted by atomic mass is 10.0. The Morgan fingerprint density at radius 1 is 0.470 bits per heavy atom. The van der Waals surface area contributed by atoms with Crippen molar-refractivity contribution in [2.75, 3.05) is 31.7 Å². The van der Waals surface area contributed by atoms with Crippen molar-refractivity contribution in [1.82, 2.24) is 47.9 Å². The molecular weight excluding hydrogens is 1100 g/mol. The number of carboxylic acids is 2. The number of aromatic hydroxyl groups is 1. The minimum atomic E-state index is -2.01. The number of benzene rings is 4. The third-order valence-electron chi connectivity index (χ3n) is 12.5. The number of rotatable bonds is 34. The molecule has 27 heteroatoms. The third kappa shape index (κ3) is 23.2. The molecule has 446 valence electrons. The molecule has 83 heavy (non-hydrogen) atoms. The molecular formula is C56H70N10O16S. The van der Waals surface area contributed by atoms with Crippen molar-refractivity contribution in [3.63, 3.8) is 0 Å². The summed E-state index contributed by atoms with van der Waals surface area (Å²) in [7, 11) is 0. The number of aliphatic hydroxyl groups excluding tert-OH is 2. The van der Waals surface area contributed by atoms with Crippen LogP contribution < -0.4 is 53.6 Å². The van der Waals surface area contributed by atoms with Gasteiger partial charge >= 0.3 is 11.9 Å². The van der Waals surface area contributed by atoms with Crippen molar-refractivity contribution in [3.8, 4) is 5.75 Å². The van der Waals surface area contributed by atoms with E-state index in [0.717, 1.165) is 0 Å². The molecule has 0 fully saturated rings. The molecule has 9 atom stereocenters. The summed E-state index contributed by atoms with van der Waals surface area (Å²) >= 11 is 1.34. The fourth-order valence-electron chi connectivity index (χ4n) is 8.16. The van der Waals surface area contributed by atoms with Crippen molar-refractivity contribution >= 4 is 76.9 Å². The topological polar surface area (TPSA) is 423 Å². The van der Waals surface area contributed by atoms with Gasteiger partial charge < -0.3 is 79.1 Å². The van der Waals surface area contributed by atoms with Crippen LogP contribution in [-0.2, 0) is 78.4 Å². The Morgan fingerprint density at radius 3 is 1.25 bits per heavy atom. The predicted octanol–water partition coefficient (Wildman–Crippen LogP) is -2.70. The van der Waals surface area contributed by atoms with Gasteiger partial charge in [0.05, 0.1) is 25.7 Å². The lowest BCUT2D eigenvalue weighted by Crippen LogP contribution is -2.62. The average Bonchev–Trinajstić information content (AvgIpc) is 3.53. The first-order valence-corrected chi connectivity index (χ1v) is 27.5. The second kappa shape index (κ2) is 34.4. The molecule has 4 rings (SSSR count). The number of hydrogen-bond acceptors (Lipinski definition) is 16. The van der Waals surface area contributed by atoms with Gasteiger partial charge in [-0.3, -0.25) is 52.7 Å². The second-order valence-electron chi connectivity index (χ2n) is 19.0. The molecule has 4 aromatic carbocycles. The quantitative estimate of drug-likeness (QED) is 0.0226. The number of aliphatic carboxylic acids is 2. The van der Waals surface area contributed by atoms with E-state index in [2.05, 4.69) is 47.9 Å². The standard InChI is InChI=1S/C56H70N10O16S/c1-32(68)48(66-54(80)39(59-45(70)29-57)24-33-12-6-3-7-13-33)56(82)64-42(26-35-16-10-5-11-17-35)52(78)65-44(31-67)55(81)63-43(28-46(71)72)53(79)62-40(25-34-14-8-4-9-15-34)51(77)61-41(27-36-18-20-37(69)21-19-36)50(76)60-38(22-23-83-2)49(75)58-30-47(73)74/h3-21,32,38-44,48,67-69H,22-31,57H2,1-2H3,(H,58,75)(H,59,70)(H,60,76)(H,61,77)(H,62,79)(H,63,81)(H,64,82)(H,65,78)(H,66,80)(H,71,72)(H,73,74)/t32-,38+,39+,40+,41+,42+,43+,44+,48+/m1/s1. The summed E-state index contributed by atoms with van der Waals surface area (Å²) in [6.07, 6.45) is -1.75. The number of amides is 9. The van der Waals surface area contributed by atoms with Gasteiger partial charge in [-0.15, -0.1) is 0 Å². The fraction of sp³-hybridized carbons (Fsp3) is 0.375. The Hall–Kier alpha value is -8.92. The van der Waals surface area contributed by atoms with E-state index in [4.69, 9.17) is 10.8 Å². The summed E-state index contributed by atoms with van der Waals surface area (Å²) < 4.78 is 0. The van der Waals surface area contributed by atoms with Crippen molar-refractivity contribution in [2.24, 2.45) is 5.73 Å². The normalized spacial score (nSPS) is 14.1. The summed E-state index contributed by atoms with van der Waals surface area (Å²) in [5.41, 5.74) is 7.47. The molecule has 0 bridgehead atoms. The molecule has 0 aliphatic heterocycles. The van der Waals surface area contributed by atoms with E-state index in [0.29, 0.717) is 28.0 Å². The summed E-state index contributed by atoms with van der Waals surface area (Å²) in [6.45, 7) is -1.19. The maximum Gasteiger partial charge on any atom is 0.322 e. The summed E-state index contributed by atoms with van der Waals surface area (Å²) in [5.74, 6) is -11.8. The highest BCUT2D eigenvalue weighted by Crippen LogP contribution is 2.14. The van der Waals surface area contributed by atoms with Crippen molar-refractivity contribution < 1.29 is 78.3 Å². The summed E-state index contributed by atoms with van der Waals surface area (Å²) in [4.78, 5) is 147. The van der Waals surface area contributed by atoms with Crippen LogP contribution in [0.1, 0.15) is 42.0 Å². The van der Waals surface area contributed by atoms with E-state index in [1.165, 1.54) is 43.0 Å². The molecule has 4 aromatic rings. The Morgan fingerprint density at radius 2 is 0.843 bits per heavy atom. The number of thioether (sulfide) groups is 1. The predicted molar refractivity (Wildman–Crippen MR) is 301 cm³/mol. The van der Waals surface area contributed by atoms with E-state index >= 15 is 0 Å². The minimum Gasteiger partial charge on any atom is -0.508 e. The summed E-state index contributed by atoms with van der Waals surface area (Å²) in [6, 6.07) is 17.5. The fourth-order valence-corrected chi connectivity index (χ4v) is 8.63. The zero-order valence-corrected chi connectivity index (χ0v) is 46.3. The number of carbonyl (C=O) groups excluding carboxylic acids is 9. The highest BCUT2D eigenvalue weighted by molar-refractivity contribution is 7.98. The zero-order chi connectivity index (χ0) is 61.0. The van der Waals surface area contributed by atoms with Gasteiger partial charge in [0.2, 0.25) is 53.2 Å². The first-order valence-electron chi connectivity index (χ1n) is 26.1. The van der Waals surface area contributed by atoms with Crippen LogP contribution in [-0.4, -0.2) is 177 Å². The average molecular weight is 1170 g/mol. The summed E-state index contributed by atoms with van der Waals surface area (Å²) in [5, 5.41) is 72.0. The Labute approximate surface area is 481 Å². The smallest absolute Gasteiger partial charge is 0.322 e. The molecule has 0 spiro atoms. The van der Waals surface area contributed by atoms with Gasteiger partial charge in [0.25, 0.3) is 0 Å². The van der Waals surface area contributed by atoms with E-state index in [-0.39, 0.29) is 37.9 Å². The Kier molecular flexibility index (Phi) is 27.6. The van der Waals surface area contributed by atoms with Gasteiger partial charge in [-0.1, -0.05) is 103 Å². The number of carboxylic acid groups (broad SMARTS) is 2. The Balaban J connectivity index is 1.59. The maximum atomic E-state index is 14.4. The van der Waals surface area contributed by atoms with Crippen molar-refractivity contribution in [3.05, 3.63) is 138 Å². The van der Waals surface area contributed by atoms with Gasteiger partial charge in [0, 0.05) is 25.7 Å². The van der Waals surface area contributed by atoms with E-state index in [1.54, 1.807) is 97.3 Å². The van der Waals surface area contributed by atoms with Crippen LogP contribution in [0.4, 0.5) is 0 Å². The number of phenols is 1. The zero-order valence-electron chi connectivity index (χ0n) is 45.4. The van der Waals surface area contributed by atoms with Gasteiger partial charge in [-0.2, -0.15) is 11.8 Å². The third-order valence-corrected chi connectivity index (χ3v) is 13.2. The highest BCUT2D eigenvalue weighted by Gasteiger charge is 2.37. The van der Waals surface area contributed by atoms with Crippen LogP contribution in [0.3, 0.4) is 0 Å². The first-order chi connectivity index (χ1) is 39.6.